The Bertz CT molecular complexity index is 129. The van der Waals surface area contributed by atoms with Gasteiger partial charge in [-0.2, -0.15) is 0 Å². The van der Waals surface area contributed by atoms with Crippen molar-refractivity contribution in [2.24, 2.45) is 11.5 Å². The number of rotatable bonds is 0. The van der Waals surface area contributed by atoms with Crippen LogP contribution in [0.1, 0.15) is 19.3 Å². The Balaban J connectivity index is 2.49. The zero-order chi connectivity index (χ0) is 7.78. The van der Waals surface area contributed by atoms with Gasteiger partial charge in [0.2, 0.25) is 0 Å². The minimum Gasteiger partial charge on any atom is -0.392 e. The molecule has 1 aliphatic rings. The van der Waals surface area contributed by atoms with Crippen molar-refractivity contribution >= 4 is 15.9 Å². The third kappa shape index (κ3) is 1.92. The summed E-state index contributed by atoms with van der Waals surface area (Å²) in [5, 5.41) is 9.31. The number of alkyl halides is 1. The van der Waals surface area contributed by atoms with Crippen LogP contribution in [-0.4, -0.2) is 21.7 Å². The predicted octanol–water partition coefficient (Wildman–Crippen LogP) is -0.0916. The van der Waals surface area contributed by atoms with Gasteiger partial charge in [-0.3, -0.25) is 0 Å². The van der Waals surface area contributed by atoms with Gasteiger partial charge in [0, 0.05) is 11.2 Å². The van der Waals surface area contributed by atoms with Crippen LogP contribution in [0.3, 0.4) is 0 Å². The summed E-state index contributed by atoms with van der Waals surface area (Å²) in [4.78, 5) is 0.174. The molecule has 0 radical (unpaired) electrons. The summed E-state index contributed by atoms with van der Waals surface area (Å²) in [5.41, 5.74) is 10.6. The number of aliphatic hydroxyl groups excluding tert-OH is 1. The molecular formula is C6H13BrN2O. The summed E-state index contributed by atoms with van der Waals surface area (Å²) in [6.07, 6.45) is 1.74. The van der Waals surface area contributed by atoms with Crippen LogP contribution in [0.2, 0.25) is 0 Å². The quantitative estimate of drug-likeness (QED) is 0.385. The van der Waals surface area contributed by atoms with Crippen molar-refractivity contribution in [3.8, 4) is 0 Å². The van der Waals surface area contributed by atoms with Crippen LogP contribution in [0.5, 0.6) is 0 Å². The molecule has 4 heteroatoms. The molecule has 60 valence electrons. The topological polar surface area (TPSA) is 72.3 Å². The first kappa shape index (κ1) is 8.46. The van der Waals surface area contributed by atoms with Crippen molar-refractivity contribution in [2.75, 3.05) is 0 Å². The summed E-state index contributed by atoms with van der Waals surface area (Å²) >= 11 is 3.34. The standard InChI is InChI=1S/C6H13BrN2O/c7-4-1-2-6(8,9)3-5(4)10/h4-5,10H,1-3,8-9H2. The highest BCUT2D eigenvalue weighted by molar-refractivity contribution is 9.09. The van der Waals surface area contributed by atoms with Gasteiger partial charge in [0.05, 0.1) is 11.8 Å². The lowest BCUT2D eigenvalue weighted by molar-refractivity contribution is 0.0978. The van der Waals surface area contributed by atoms with E-state index in [1.165, 1.54) is 0 Å². The number of aliphatic hydroxyl groups is 1. The normalized spacial score (nSPS) is 39.6. The average molecular weight is 209 g/mol. The summed E-state index contributed by atoms with van der Waals surface area (Å²) in [7, 11) is 0. The van der Waals surface area contributed by atoms with Crippen molar-refractivity contribution in [3.05, 3.63) is 0 Å². The first-order valence-electron chi connectivity index (χ1n) is 3.41. The van der Waals surface area contributed by atoms with Crippen molar-refractivity contribution in [1.29, 1.82) is 0 Å². The third-order valence-electron chi connectivity index (χ3n) is 1.89. The Morgan fingerprint density at radius 1 is 1.50 bits per heavy atom. The highest BCUT2D eigenvalue weighted by Crippen LogP contribution is 2.27. The maximum absolute atomic E-state index is 9.31. The van der Waals surface area contributed by atoms with Gasteiger partial charge in [-0.05, 0) is 12.8 Å². The van der Waals surface area contributed by atoms with Gasteiger partial charge in [0.25, 0.3) is 0 Å². The first-order chi connectivity index (χ1) is 4.51. The molecule has 3 nitrogen and oxygen atoms in total. The van der Waals surface area contributed by atoms with E-state index >= 15 is 0 Å². The predicted molar refractivity (Wildman–Crippen MR) is 43.7 cm³/mol. The summed E-state index contributed by atoms with van der Waals surface area (Å²) in [5.74, 6) is 0. The Morgan fingerprint density at radius 2 is 2.10 bits per heavy atom. The van der Waals surface area contributed by atoms with E-state index in [1.54, 1.807) is 0 Å². The van der Waals surface area contributed by atoms with E-state index in [2.05, 4.69) is 15.9 Å². The molecule has 0 aromatic carbocycles. The van der Waals surface area contributed by atoms with Gasteiger partial charge in [-0.1, -0.05) is 15.9 Å². The van der Waals surface area contributed by atoms with Crippen LogP contribution < -0.4 is 11.5 Å². The highest BCUT2D eigenvalue weighted by Gasteiger charge is 2.33. The maximum Gasteiger partial charge on any atom is 0.0695 e. The molecule has 0 bridgehead atoms. The van der Waals surface area contributed by atoms with Gasteiger partial charge in [-0.25, -0.2) is 0 Å². The fourth-order valence-electron chi connectivity index (χ4n) is 1.22. The minimum absolute atomic E-state index is 0.174. The zero-order valence-corrected chi connectivity index (χ0v) is 7.34. The van der Waals surface area contributed by atoms with Crippen molar-refractivity contribution in [3.63, 3.8) is 0 Å². The van der Waals surface area contributed by atoms with Crippen molar-refractivity contribution in [2.45, 2.75) is 35.9 Å². The second-order valence-corrected chi connectivity index (χ2v) is 4.24. The Labute approximate surface area is 68.9 Å². The molecule has 0 aromatic heterocycles. The monoisotopic (exact) mass is 208 g/mol. The van der Waals surface area contributed by atoms with Gasteiger partial charge >= 0.3 is 0 Å². The molecule has 1 fully saturated rings. The molecule has 0 aliphatic heterocycles. The SMILES string of the molecule is NC1(N)CCC(Br)C(O)C1. The Hall–Kier alpha value is 0.360. The number of hydrogen-bond donors (Lipinski definition) is 3. The van der Waals surface area contributed by atoms with Gasteiger partial charge in [0.1, 0.15) is 0 Å². The number of halogens is 1. The molecule has 10 heavy (non-hydrogen) atoms. The summed E-state index contributed by atoms with van der Waals surface area (Å²) in [6.45, 7) is 0. The lowest BCUT2D eigenvalue weighted by Gasteiger charge is -2.35. The van der Waals surface area contributed by atoms with E-state index in [0.717, 1.165) is 12.8 Å². The molecule has 0 aromatic rings. The Kier molecular flexibility index (Phi) is 2.34. The van der Waals surface area contributed by atoms with E-state index in [0.29, 0.717) is 6.42 Å². The van der Waals surface area contributed by atoms with Gasteiger partial charge in [-0.15, -0.1) is 0 Å². The summed E-state index contributed by atoms with van der Waals surface area (Å²) in [6, 6.07) is 0. The molecule has 0 heterocycles. The molecule has 2 unspecified atom stereocenters. The van der Waals surface area contributed by atoms with E-state index in [4.69, 9.17) is 11.5 Å². The molecule has 1 aliphatic carbocycles. The van der Waals surface area contributed by atoms with Crippen molar-refractivity contribution in [1.82, 2.24) is 0 Å². The first-order valence-corrected chi connectivity index (χ1v) is 4.33. The van der Waals surface area contributed by atoms with Crippen LogP contribution in [0.4, 0.5) is 0 Å². The molecule has 0 spiro atoms. The van der Waals surface area contributed by atoms with E-state index in [1.807, 2.05) is 0 Å². The lowest BCUT2D eigenvalue weighted by Crippen LogP contribution is -2.56. The van der Waals surface area contributed by atoms with E-state index < -0.39 is 5.66 Å². The molecule has 0 amide bonds. The second-order valence-electron chi connectivity index (χ2n) is 3.06. The van der Waals surface area contributed by atoms with Crippen LogP contribution in [0.15, 0.2) is 0 Å². The lowest BCUT2D eigenvalue weighted by atomic mass is 9.88. The largest absolute Gasteiger partial charge is 0.392 e. The minimum atomic E-state index is -0.649. The highest BCUT2D eigenvalue weighted by atomic mass is 79.9. The van der Waals surface area contributed by atoms with Crippen molar-refractivity contribution < 1.29 is 5.11 Å². The van der Waals surface area contributed by atoms with E-state index in [9.17, 15) is 5.11 Å². The van der Waals surface area contributed by atoms with Crippen LogP contribution in [0, 0.1) is 0 Å². The van der Waals surface area contributed by atoms with Gasteiger partial charge in [0.15, 0.2) is 0 Å². The second kappa shape index (κ2) is 2.77. The molecule has 0 saturated heterocycles. The third-order valence-corrected chi connectivity index (χ3v) is 2.96. The van der Waals surface area contributed by atoms with Crippen LogP contribution >= 0.6 is 15.9 Å². The van der Waals surface area contributed by atoms with Gasteiger partial charge < -0.3 is 16.6 Å². The summed E-state index contributed by atoms with van der Waals surface area (Å²) < 4.78 is 0. The molecular weight excluding hydrogens is 196 g/mol. The fraction of sp³-hybridized carbons (Fsp3) is 1.00. The van der Waals surface area contributed by atoms with Crippen LogP contribution in [0.25, 0.3) is 0 Å². The fourth-order valence-corrected chi connectivity index (χ4v) is 1.63. The maximum atomic E-state index is 9.31. The molecule has 2 atom stereocenters. The zero-order valence-electron chi connectivity index (χ0n) is 5.76. The average Bonchev–Trinajstić information content (AvgIpc) is 1.79. The molecule has 1 saturated carbocycles. The molecule has 1 rings (SSSR count). The molecule has 5 N–H and O–H groups in total. The van der Waals surface area contributed by atoms with Crippen LogP contribution in [-0.2, 0) is 0 Å². The Morgan fingerprint density at radius 3 is 2.50 bits per heavy atom. The number of nitrogens with two attached hydrogens (primary N) is 2. The number of hydrogen-bond acceptors (Lipinski definition) is 3. The van der Waals surface area contributed by atoms with E-state index in [-0.39, 0.29) is 10.9 Å². The smallest absolute Gasteiger partial charge is 0.0695 e.